The van der Waals surface area contributed by atoms with E-state index in [2.05, 4.69) is 81.4 Å². The van der Waals surface area contributed by atoms with Crippen molar-refractivity contribution in [3.05, 3.63) is 96.8 Å². The highest BCUT2D eigenvalue weighted by Gasteiger charge is 2.04. The number of pyridine rings is 1. The molecule has 0 fully saturated rings. The van der Waals surface area contributed by atoms with E-state index >= 15 is 0 Å². The van der Waals surface area contributed by atoms with Crippen LogP contribution in [0.15, 0.2) is 91.3 Å². The van der Waals surface area contributed by atoms with Crippen LogP contribution in [-0.4, -0.2) is 16.5 Å². The van der Waals surface area contributed by atoms with Crippen LogP contribution in [0, 0.1) is 0 Å². The Hall–Kier alpha value is -3.79. The summed E-state index contributed by atoms with van der Waals surface area (Å²) in [6.45, 7) is 0.892. The first-order valence-electron chi connectivity index (χ1n) is 9.86. The zero-order valence-corrected chi connectivity index (χ0v) is 16.0. The SMILES string of the molecule is c1ccc2c(Nc3ccc(NCCc4c[nH]c5ccccc45)cc3)ccnc2c1. The lowest BCUT2D eigenvalue weighted by Gasteiger charge is -2.11. The van der Waals surface area contributed by atoms with Gasteiger partial charge in [0.1, 0.15) is 0 Å². The number of nitrogens with one attached hydrogen (secondary N) is 3. The van der Waals surface area contributed by atoms with Gasteiger partial charge in [-0.15, -0.1) is 0 Å². The van der Waals surface area contributed by atoms with Crippen LogP contribution in [0.2, 0.25) is 0 Å². The molecular weight excluding hydrogens is 356 g/mol. The van der Waals surface area contributed by atoms with Crippen molar-refractivity contribution in [2.75, 3.05) is 17.2 Å². The number of rotatable bonds is 6. The number of nitrogens with zero attached hydrogens (tertiary/aromatic N) is 1. The Kier molecular flexibility index (Phi) is 4.59. The number of fused-ring (bicyclic) bond motifs is 2. The van der Waals surface area contributed by atoms with Crippen molar-refractivity contribution in [2.45, 2.75) is 6.42 Å². The lowest BCUT2D eigenvalue weighted by Crippen LogP contribution is -2.04. The Morgan fingerprint density at radius 2 is 1.52 bits per heavy atom. The fourth-order valence-corrected chi connectivity index (χ4v) is 3.71. The van der Waals surface area contributed by atoms with Gasteiger partial charge in [0.15, 0.2) is 0 Å². The number of aromatic amines is 1. The monoisotopic (exact) mass is 378 g/mol. The molecule has 2 heterocycles. The number of H-pyrrole nitrogens is 1. The standard InChI is InChI=1S/C25H22N4/c1-3-7-23-21(5-1)18(17-28-23)13-15-26-19-9-11-20(12-10-19)29-25-14-16-27-24-8-4-2-6-22(24)25/h1-12,14,16-17,26,28H,13,15H2,(H,27,29). The van der Waals surface area contributed by atoms with Crippen molar-refractivity contribution in [3.8, 4) is 0 Å². The molecule has 3 aromatic carbocycles. The Morgan fingerprint density at radius 3 is 2.41 bits per heavy atom. The van der Waals surface area contributed by atoms with Crippen LogP contribution in [0.5, 0.6) is 0 Å². The lowest BCUT2D eigenvalue weighted by atomic mass is 10.1. The van der Waals surface area contributed by atoms with E-state index in [4.69, 9.17) is 0 Å². The first kappa shape index (κ1) is 17.3. The average Bonchev–Trinajstić information content (AvgIpc) is 3.18. The van der Waals surface area contributed by atoms with Crippen molar-refractivity contribution in [2.24, 2.45) is 0 Å². The Morgan fingerprint density at radius 1 is 0.759 bits per heavy atom. The summed E-state index contributed by atoms with van der Waals surface area (Å²) >= 11 is 0. The van der Waals surface area contributed by atoms with Crippen LogP contribution in [-0.2, 0) is 6.42 Å². The number of para-hydroxylation sites is 2. The molecule has 0 spiro atoms. The molecule has 0 amide bonds. The van der Waals surface area contributed by atoms with E-state index in [1.54, 1.807) is 0 Å². The van der Waals surface area contributed by atoms with Gasteiger partial charge >= 0.3 is 0 Å². The summed E-state index contributed by atoms with van der Waals surface area (Å²) in [5, 5.41) is 9.44. The van der Waals surface area contributed by atoms with Crippen LogP contribution < -0.4 is 10.6 Å². The molecule has 5 aromatic rings. The molecule has 4 heteroatoms. The van der Waals surface area contributed by atoms with E-state index in [-0.39, 0.29) is 0 Å². The molecule has 0 bridgehead atoms. The molecule has 0 unspecified atom stereocenters. The van der Waals surface area contributed by atoms with Crippen LogP contribution >= 0.6 is 0 Å². The van der Waals surface area contributed by atoms with E-state index < -0.39 is 0 Å². The van der Waals surface area contributed by atoms with Gasteiger partial charge in [-0.2, -0.15) is 0 Å². The molecule has 0 aliphatic heterocycles. The van der Waals surface area contributed by atoms with E-state index in [1.807, 2.05) is 30.5 Å². The molecule has 2 aromatic heterocycles. The number of aromatic nitrogens is 2. The Bertz CT molecular complexity index is 1250. The first-order chi connectivity index (χ1) is 14.4. The van der Waals surface area contributed by atoms with Crippen molar-refractivity contribution in [3.63, 3.8) is 0 Å². The second-order valence-electron chi connectivity index (χ2n) is 7.11. The van der Waals surface area contributed by atoms with E-state index in [9.17, 15) is 0 Å². The maximum absolute atomic E-state index is 4.42. The van der Waals surface area contributed by atoms with Crippen molar-refractivity contribution in [1.82, 2.24) is 9.97 Å². The van der Waals surface area contributed by atoms with Gasteiger partial charge < -0.3 is 15.6 Å². The summed E-state index contributed by atoms with van der Waals surface area (Å²) in [5.41, 5.74) is 6.78. The topological polar surface area (TPSA) is 52.7 Å². The van der Waals surface area contributed by atoms with Gasteiger partial charge in [-0.25, -0.2) is 0 Å². The Balaban J connectivity index is 1.23. The normalized spacial score (nSPS) is 11.0. The third kappa shape index (κ3) is 3.65. The second-order valence-corrected chi connectivity index (χ2v) is 7.11. The molecule has 0 aliphatic carbocycles. The second kappa shape index (κ2) is 7.68. The minimum atomic E-state index is 0.892. The van der Waals surface area contributed by atoms with Crippen molar-refractivity contribution < 1.29 is 0 Å². The van der Waals surface area contributed by atoms with Crippen molar-refractivity contribution >= 4 is 38.9 Å². The summed E-state index contributed by atoms with van der Waals surface area (Å²) in [4.78, 5) is 7.76. The van der Waals surface area contributed by atoms with Gasteiger partial charge in [-0.3, -0.25) is 4.98 Å². The molecule has 3 N–H and O–H groups in total. The zero-order valence-electron chi connectivity index (χ0n) is 16.0. The molecule has 5 rings (SSSR count). The fourth-order valence-electron chi connectivity index (χ4n) is 3.71. The molecule has 0 saturated heterocycles. The predicted octanol–water partition coefficient (Wildman–Crippen LogP) is 6.11. The molecule has 0 saturated carbocycles. The van der Waals surface area contributed by atoms with Gasteiger partial charge in [-0.05, 0) is 54.4 Å². The minimum absolute atomic E-state index is 0.892. The number of anilines is 3. The highest BCUT2D eigenvalue weighted by atomic mass is 14.9. The van der Waals surface area contributed by atoms with Crippen LogP contribution in [0.4, 0.5) is 17.1 Å². The van der Waals surface area contributed by atoms with Gasteiger partial charge in [0, 0.05) is 52.3 Å². The summed E-state index contributed by atoms with van der Waals surface area (Å²) in [5.74, 6) is 0. The van der Waals surface area contributed by atoms with Crippen LogP contribution in [0.25, 0.3) is 21.8 Å². The summed E-state index contributed by atoms with van der Waals surface area (Å²) in [6.07, 6.45) is 4.93. The zero-order chi connectivity index (χ0) is 19.5. The van der Waals surface area contributed by atoms with E-state index in [0.29, 0.717) is 0 Å². The fraction of sp³-hybridized carbons (Fsp3) is 0.0800. The molecule has 4 nitrogen and oxygen atoms in total. The maximum Gasteiger partial charge on any atom is 0.0722 e. The predicted molar refractivity (Wildman–Crippen MR) is 122 cm³/mol. The highest BCUT2D eigenvalue weighted by Crippen LogP contribution is 2.25. The first-order valence-corrected chi connectivity index (χ1v) is 9.86. The van der Waals surface area contributed by atoms with E-state index in [1.165, 1.54) is 16.5 Å². The quantitative estimate of drug-likeness (QED) is 0.334. The lowest BCUT2D eigenvalue weighted by molar-refractivity contribution is 1.03. The molecule has 142 valence electrons. The van der Waals surface area contributed by atoms with Crippen LogP contribution in [0.3, 0.4) is 0 Å². The average molecular weight is 378 g/mol. The number of hydrogen-bond donors (Lipinski definition) is 3. The van der Waals surface area contributed by atoms with Gasteiger partial charge in [0.05, 0.1) is 5.52 Å². The minimum Gasteiger partial charge on any atom is -0.385 e. The highest BCUT2D eigenvalue weighted by molar-refractivity contribution is 5.92. The van der Waals surface area contributed by atoms with Gasteiger partial charge in [0.2, 0.25) is 0 Å². The third-order valence-corrected chi connectivity index (χ3v) is 5.21. The number of hydrogen-bond acceptors (Lipinski definition) is 3. The van der Waals surface area contributed by atoms with Gasteiger partial charge in [0.25, 0.3) is 0 Å². The van der Waals surface area contributed by atoms with Gasteiger partial charge in [-0.1, -0.05) is 36.4 Å². The third-order valence-electron chi connectivity index (χ3n) is 5.21. The molecule has 0 radical (unpaired) electrons. The maximum atomic E-state index is 4.42. The smallest absolute Gasteiger partial charge is 0.0722 e. The van der Waals surface area contributed by atoms with Crippen molar-refractivity contribution in [1.29, 1.82) is 0 Å². The molecule has 0 aliphatic rings. The summed E-state index contributed by atoms with van der Waals surface area (Å²) in [7, 11) is 0. The van der Waals surface area contributed by atoms with Crippen LogP contribution in [0.1, 0.15) is 5.56 Å². The van der Waals surface area contributed by atoms with E-state index in [0.717, 1.165) is 40.9 Å². The summed E-state index contributed by atoms with van der Waals surface area (Å²) in [6, 6.07) is 27.0. The molecule has 29 heavy (non-hydrogen) atoms. The Labute approximate surface area is 169 Å². The molecular formula is C25H22N4. The molecule has 0 atom stereocenters. The summed E-state index contributed by atoms with van der Waals surface area (Å²) < 4.78 is 0. The number of benzene rings is 3. The largest absolute Gasteiger partial charge is 0.385 e.